The van der Waals surface area contributed by atoms with Gasteiger partial charge in [0.15, 0.2) is 0 Å². The van der Waals surface area contributed by atoms with Crippen molar-refractivity contribution >= 4 is 22.6 Å². The van der Waals surface area contributed by atoms with Gasteiger partial charge >= 0.3 is 0 Å². The lowest BCUT2D eigenvalue weighted by molar-refractivity contribution is -0.124. The molecule has 1 fully saturated rings. The molecule has 0 saturated carbocycles. The van der Waals surface area contributed by atoms with Gasteiger partial charge in [0.2, 0.25) is 5.91 Å². The molecular formula is C17H15N3O2. The van der Waals surface area contributed by atoms with E-state index in [0.29, 0.717) is 6.42 Å². The van der Waals surface area contributed by atoms with Gasteiger partial charge in [-0.15, -0.1) is 0 Å². The number of H-pyrrole nitrogens is 1. The number of rotatable bonds is 3. The number of hydrogen-bond acceptors (Lipinski definition) is 3. The summed E-state index contributed by atoms with van der Waals surface area (Å²) in [5.74, 6) is 0.938. The van der Waals surface area contributed by atoms with Gasteiger partial charge in [-0.1, -0.05) is 12.1 Å². The van der Waals surface area contributed by atoms with E-state index in [1.54, 1.807) is 13.4 Å². The number of carbonyl (C=O) groups excluding carboxylic acids is 1. The summed E-state index contributed by atoms with van der Waals surface area (Å²) in [5, 5.41) is 0. The first kappa shape index (κ1) is 12.9. The highest BCUT2D eigenvalue weighted by Crippen LogP contribution is 2.40. The van der Waals surface area contributed by atoms with Crippen molar-refractivity contribution in [3.8, 4) is 5.75 Å². The quantitative estimate of drug-likeness (QED) is 0.755. The van der Waals surface area contributed by atoms with E-state index in [1.807, 2.05) is 47.4 Å². The van der Waals surface area contributed by atoms with Crippen molar-refractivity contribution < 1.29 is 9.53 Å². The van der Waals surface area contributed by atoms with Crippen LogP contribution in [0.3, 0.4) is 0 Å². The number of aromatic nitrogens is 2. The van der Waals surface area contributed by atoms with E-state index < -0.39 is 0 Å². The van der Waals surface area contributed by atoms with Crippen LogP contribution in [0.25, 0.3) is 11.0 Å². The van der Waals surface area contributed by atoms with Gasteiger partial charge < -0.3 is 14.6 Å². The molecule has 0 bridgehead atoms. The zero-order valence-corrected chi connectivity index (χ0v) is 12.1. The number of fused-ring (bicyclic) bond motifs is 1. The standard InChI is InChI=1S/C17H15N3O2/c1-22-13-4-2-3-11(7-13)16-9-17(21)20(16)12-5-6-14-15(8-12)19-10-18-14/h2-8,10,16H,9H2,1H3,(H,18,19)/t16-/m1/s1. The van der Waals surface area contributed by atoms with Gasteiger partial charge in [-0.2, -0.15) is 0 Å². The Hall–Kier alpha value is -2.82. The average molecular weight is 293 g/mol. The van der Waals surface area contributed by atoms with Gasteiger partial charge in [-0.25, -0.2) is 4.98 Å². The van der Waals surface area contributed by atoms with Crippen LogP contribution in [0.15, 0.2) is 48.8 Å². The molecule has 0 aliphatic carbocycles. The Morgan fingerprint density at radius 1 is 1.27 bits per heavy atom. The fraction of sp³-hybridized carbons (Fsp3) is 0.176. The second kappa shape index (κ2) is 4.87. The molecule has 3 aromatic rings. The van der Waals surface area contributed by atoms with E-state index >= 15 is 0 Å². The molecule has 4 rings (SSSR count). The second-order valence-electron chi connectivity index (χ2n) is 5.36. The van der Waals surface area contributed by atoms with E-state index in [9.17, 15) is 4.79 Å². The summed E-state index contributed by atoms with van der Waals surface area (Å²) < 4.78 is 5.27. The summed E-state index contributed by atoms with van der Waals surface area (Å²) >= 11 is 0. The lowest BCUT2D eigenvalue weighted by atomic mass is 9.93. The van der Waals surface area contributed by atoms with Crippen molar-refractivity contribution in [1.82, 2.24) is 9.97 Å². The topological polar surface area (TPSA) is 58.2 Å². The number of anilines is 1. The number of imidazole rings is 1. The van der Waals surface area contributed by atoms with Crippen LogP contribution in [0.2, 0.25) is 0 Å². The van der Waals surface area contributed by atoms with E-state index in [-0.39, 0.29) is 11.9 Å². The maximum atomic E-state index is 12.1. The molecule has 1 saturated heterocycles. The van der Waals surface area contributed by atoms with Crippen molar-refractivity contribution in [3.63, 3.8) is 0 Å². The molecule has 1 aromatic heterocycles. The number of nitrogens with zero attached hydrogens (tertiary/aromatic N) is 2. The minimum atomic E-state index is 0.0583. The third kappa shape index (κ3) is 1.94. The van der Waals surface area contributed by atoms with Gasteiger partial charge in [0.25, 0.3) is 0 Å². The van der Waals surface area contributed by atoms with Crippen molar-refractivity contribution in [1.29, 1.82) is 0 Å². The molecule has 5 heteroatoms. The minimum Gasteiger partial charge on any atom is -0.497 e. The summed E-state index contributed by atoms with van der Waals surface area (Å²) in [5.41, 5.74) is 3.81. The average Bonchev–Trinajstić information content (AvgIpc) is 3.00. The highest BCUT2D eigenvalue weighted by Gasteiger charge is 2.38. The normalized spacial score (nSPS) is 17.6. The Morgan fingerprint density at radius 2 is 2.18 bits per heavy atom. The first-order valence-corrected chi connectivity index (χ1v) is 7.15. The predicted molar refractivity (Wildman–Crippen MR) is 83.9 cm³/mol. The Morgan fingerprint density at radius 3 is 3.00 bits per heavy atom. The maximum absolute atomic E-state index is 12.1. The first-order valence-electron chi connectivity index (χ1n) is 7.15. The SMILES string of the molecule is COc1cccc([C@H]2CC(=O)N2c2ccc3nc[nH]c3c2)c1. The molecule has 2 aromatic carbocycles. The number of ether oxygens (including phenoxy) is 1. The molecule has 0 unspecified atom stereocenters. The van der Waals surface area contributed by atoms with E-state index in [0.717, 1.165) is 28.0 Å². The van der Waals surface area contributed by atoms with Crippen LogP contribution in [-0.2, 0) is 4.79 Å². The Labute approximate surface area is 127 Å². The zero-order valence-electron chi connectivity index (χ0n) is 12.1. The molecule has 1 atom stereocenters. The van der Waals surface area contributed by atoms with Gasteiger partial charge in [0.05, 0.1) is 36.9 Å². The number of methoxy groups -OCH3 is 1. The molecule has 110 valence electrons. The van der Waals surface area contributed by atoms with Crippen LogP contribution in [0.4, 0.5) is 5.69 Å². The zero-order chi connectivity index (χ0) is 15.1. The molecule has 0 radical (unpaired) electrons. The Bertz CT molecular complexity index is 856. The highest BCUT2D eigenvalue weighted by atomic mass is 16.5. The lowest BCUT2D eigenvalue weighted by Crippen LogP contribution is -2.46. The Kier molecular flexibility index (Phi) is 2.85. The molecule has 1 amide bonds. The maximum Gasteiger partial charge on any atom is 0.230 e. The van der Waals surface area contributed by atoms with Crippen LogP contribution in [0.5, 0.6) is 5.75 Å². The number of hydrogen-bond donors (Lipinski definition) is 1. The molecule has 0 spiro atoms. The van der Waals surface area contributed by atoms with Crippen LogP contribution in [-0.4, -0.2) is 23.0 Å². The molecule has 1 aliphatic heterocycles. The number of aromatic amines is 1. The summed E-state index contributed by atoms with van der Waals surface area (Å²) in [7, 11) is 1.65. The number of amides is 1. The third-order valence-corrected chi connectivity index (χ3v) is 4.11. The van der Waals surface area contributed by atoms with Gasteiger partial charge in [-0.3, -0.25) is 4.79 Å². The van der Waals surface area contributed by atoms with Crippen molar-refractivity contribution in [2.75, 3.05) is 12.0 Å². The van der Waals surface area contributed by atoms with Crippen molar-refractivity contribution in [2.45, 2.75) is 12.5 Å². The fourth-order valence-corrected chi connectivity index (χ4v) is 2.93. The summed E-state index contributed by atoms with van der Waals surface area (Å²) in [4.78, 5) is 21.2. The summed E-state index contributed by atoms with van der Waals surface area (Å²) in [6, 6.07) is 13.8. The summed E-state index contributed by atoms with van der Waals surface area (Å²) in [6.07, 6.45) is 2.18. The third-order valence-electron chi connectivity index (χ3n) is 4.11. The highest BCUT2D eigenvalue weighted by molar-refractivity contribution is 6.02. The van der Waals surface area contributed by atoms with E-state index in [4.69, 9.17) is 4.74 Å². The Balaban J connectivity index is 1.71. The molecule has 2 heterocycles. The summed E-state index contributed by atoms with van der Waals surface area (Å²) in [6.45, 7) is 0. The van der Waals surface area contributed by atoms with Crippen molar-refractivity contribution in [3.05, 3.63) is 54.4 Å². The van der Waals surface area contributed by atoms with E-state index in [1.165, 1.54) is 0 Å². The van der Waals surface area contributed by atoms with Gasteiger partial charge in [-0.05, 0) is 35.9 Å². The molecule has 5 nitrogen and oxygen atoms in total. The first-order chi connectivity index (χ1) is 10.8. The molecule has 22 heavy (non-hydrogen) atoms. The smallest absolute Gasteiger partial charge is 0.230 e. The van der Waals surface area contributed by atoms with Gasteiger partial charge in [0.1, 0.15) is 5.75 Å². The lowest BCUT2D eigenvalue weighted by Gasteiger charge is -2.40. The number of nitrogens with one attached hydrogen (secondary N) is 1. The predicted octanol–water partition coefficient (Wildman–Crippen LogP) is 3.05. The van der Waals surface area contributed by atoms with Crippen LogP contribution in [0, 0.1) is 0 Å². The monoisotopic (exact) mass is 293 g/mol. The number of β-lactam (4-membered cyclic amide) rings is 1. The number of benzene rings is 2. The molecular weight excluding hydrogens is 278 g/mol. The van der Waals surface area contributed by atoms with Crippen LogP contribution in [0.1, 0.15) is 18.0 Å². The molecule has 1 aliphatic rings. The second-order valence-corrected chi connectivity index (χ2v) is 5.36. The van der Waals surface area contributed by atoms with Crippen molar-refractivity contribution in [2.24, 2.45) is 0 Å². The molecule has 1 N–H and O–H groups in total. The largest absolute Gasteiger partial charge is 0.497 e. The van der Waals surface area contributed by atoms with Crippen LogP contribution >= 0.6 is 0 Å². The number of carbonyl (C=O) groups is 1. The fourth-order valence-electron chi connectivity index (χ4n) is 2.93. The van der Waals surface area contributed by atoms with Crippen LogP contribution < -0.4 is 9.64 Å². The van der Waals surface area contributed by atoms with Gasteiger partial charge in [0, 0.05) is 5.69 Å². The minimum absolute atomic E-state index is 0.0583. The van der Waals surface area contributed by atoms with E-state index in [2.05, 4.69) is 9.97 Å².